The lowest BCUT2D eigenvalue weighted by atomic mass is 10.1. The first-order valence-corrected chi connectivity index (χ1v) is 3.60. The molecule has 1 rings (SSSR count). The molecule has 0 unspecified atom stereocenters. The van der Waals surface area contributed by atoms with Crippen molar-refractivity contribution in [1.82, 2.24) is 5.32 Å². The Morgan fingerprint density at radius 1 is 1.50 bits per heavy atom. The van der Waals surface area contributed by atoms with Crippen LogP contribution in [0.2, 0.25) is 0 Å². The first-order valence-electron chi connectivity index (χ1n) is 3.60. The van der Waals surface area contributed by atoms with Crippen molar-refractivity contribution in [1.29, 1.82) is 0 Å². The van der Waals surface area contributed by atoms with Gasteiger partial charge in [-0.25, -0.2) is 13.2 Å². The van der Waals surface area contributed by atoms with Crippen molar-refractivity contribution in [2.45, 2.75) is 19.8 Å². The molecule has 0 bridgehead atoms. The van der Waals surface area contributed by atoms with Crippen LogP contribution in [0, 0.1) is 0 Å². The van der Waals surface area contributed by atoms with Crippen molar-refractivity contribution in [3.8, 4) is 0 Å². The standard InChI is InChI=1S/C8H10F3N/c1-5-3-7(8(2,10)11)12-4-6(5)9/h3,12H,4H2,1-2H3. The summed E-state index contributed by atoms with van der Waals surface area (Å²) in [5, 5.41) is 2.32. The maximum absolute atomic E-state index is 12.7. The van der Waals surface area contributed by atoms with E-state index in [-0.39, 0.29) is 23.6 Å². The highest BCUT2D eigenvalue weighted by Crippen LogP contribution is 2.25. The van der Waals surface area contributed by atoms with Gasteiger partial charge in [0.25, 0.3) is 5.92 Å². The minimum atomic E-state index is -2.91. The summed E-state index contributed by atoms with van der Waals surface area (Å²) in [6.07, 6.45) is 1.14. The Balaban J connectivity index is 2.91. The fourth-order valence-corrected chi connectivity index (χ4v) is 0.940. The lowest BCUT2D eigenvalue weighted by Gasteiger charge is -2.20. The second kappa shape index (κ2) is 2.84. The number of nitrogens with one attached hydrogen (secondary N) is 1. The van der Waals surface area contributed by atoms with Gasteiger partial charge in [0.05, 0.1) is 12.2 Å². The molecule has 0 atom stereocenters. The largest absolute Gasteiger partial charge is 0.377 e. The smallest absolute Gasteiger partial charge is 0.284 e. The van der Waals surface area contributed by atoms with Crippen LogP contribution in [0.25, 0.3) is 0 Å². The third-order valence-corrected chi connectivity index (χ3v) is 1.70. The lowest BCUT2D eigenvalue weighted by Crippen LogP contribution is -2.30. The molecule has 0 aromatic heterocycles. The normalized spacial score (nSPS) is 18.9. The van der Waals surface area contributed by atoms with Gasteiger partial charge in [0, 0.05) is 6.92 Å². The molecule has 0 saturated heterocycles. The van der Waals surface area contributed by atoms with Crippen LogP contribution in [-0.2, 0) is 0 Å². The summed E-state index contributed by atoms with van der Waals surface area (Å²) in [5.41, 5.74) is 0.0478. The van der Waals surface area contributed by atoms with E-state index < -0.39 is 5.92 Å². The average Bonchev–Trinajstić information content (AvgIpc) is 1.92. The Labute approximate surface area is 69.0 Å². The molecule has 0 spiro atoms. The fraction of sp³-hybridized carbons (Fsp3) is 0.500. The van der Waals surface area contributed by atoms with Crippen LogP contribution < -0.4 is 5.32 Å². The van der Waals surface area contributed by atoms with E-state index in [9.17, 15) is 13.2 Å². The quantitative estimate of drug-likeness (QED) is 0.648. The van der Waals surface area contributed by atoms with Crippen LogP contribution in [0.3, 0.4) is 0 Å². The Morgan fingerprint density at radius 3 is 2.50 bits per heavy atom. The average molecular weight is 177 g/mol. The van der Waals surface area contributed by atoms with E-state index in [0.29, 0.717) is 0 Å². The number of halogens is 3. The molecule has 1 heterocycles. The molecule has 4 heteroatoms. The number of allylic oxidation sites excluding steroid dienone is 3. The maximum Gasteiger partial charge on any atom is 0.284 e. The van der Waals surface area contributed by atoms with Crippen molar-refractivity contribution in [3.05, 3.63) is 23.2 Å². The van der Waals surface area contributed by atoms with Gasteiger partial charge in [-0.15, -0.1) is 0 Å². The minimum Gasteiger partial charge on any atom is -0.377 e. The highest BCUT2D eigenvalue weighted by Gasteiger charge is 2.29. The second-order valence-electron chi connectivity index (χ2n) is 2.89. The van der Waals surface area contributed by atoms with Gasteiger partial charge in [0.1, 0.15) is 5.83 Å². The van der Waals surface area contributed by atoms with Crippen LogP contribution >= 0.6 is 0 Å². The molecule has 0 saturated carbocycles. The topological polar surface area (TPSA) is 12.0 Å². The summed E-state index contributed by atoms with van der Waals surface area (Å²) in [7, 11) is 0. The van der Waals surface area contributed by atoms with Crippen LogP contribution in [-0.4, -0.2) is 12.5 Å². The summed E-state index contributed by atoms with van der Waals surface area (Å²) in [6.45, 7) is 2.12. The Hall–Kier alpha value is -0.930. The molecule has 0 aromatic carbocycles. The molecule has 1 aliphatic heterocycles. The molecular weight excluding hydrogens is 167 g/mol. The predicted octanol–water partition coefficient (Wildman–Crippen LogP) is 2.37. The third kappa shape index (κ3) is 1.81. The molecule has 1 nitrogen and oxygen atoms in total. The molecular formula is C8H10F3N. The number of hydrogen-bond acceptors (Lipinski definition) is 1. The molecule has 0 amide bonds. The first kappa shape index (κ1) is 9.16. The minimum absolute atomic E-state index is 0.138. The summed E-state index contributed by atoms with van der Waals surface area (Å²) in [4.78, 5) is 0. The van der Waals surface area contributed by atoms with Crippen molar-refractivity contribution in [2.75, 3.05) is 6.54 Å². The number of rotatable bonds is 1. The Kier molecular flexibility index (Phi) is 2.17. The first-order chi connectivity index (χ1) is 5.41. The maximum atomic E-state index is 12.7. The number of alkyl halides is 2. The predicted molar refractivity (Wildman–Crippen MR) is 40.5 cm³/mol. The van der Waals surface area contributed by atoms with E-state index in [1.807, 2.05) is 0 Å². The van der Waals surface area contributed by atoms with Gasteiger partial charge in [-0.3, -0.25) is 0 Å². The summed E-state index contributed by atoms with van der Waals surface area (Å²) < 4.78 is 37.9. The van der Waals surface area contributed by atoms with E-state index in [1.54, 1.807) is 0 Å². The van der Waals surface area contributed by atoms with Crippen LogP contribution in [0.4, 0.5) is 13.2 Å². The summed E-state index contributed by atoms with van der Waals surface area (Å²) in [6, 6.07) is 0. The van der Waals surface area contributed by atoms with Gasteiger partial charge in [-0.2, -0.15) is 0 Å². The van der Waals surface area contributed by atoms with Crippen molar-refractivity contribution >= 4 is 0 Å². The zero-order valence-corrected chi connectivity index (χ0v) is 6.92. The SMILES string of the molecule is CC1=C(F)CNC(C(C)(F)F)=C1. The fourth-order valence-electron chi connectivity index (χ4n) is 0.940. The van der Waals surface area contributed by atoms with Crippen LogP contribution in [0.15, 0.2) is 23.2 Å². The van der Waals surface area contributed by atoms with E-state index in [4.69, 9.17) is 0 Å². The van der Waals surface area contributed by atoms with E-state index in [1.165, 1.54) is 6.92 Å². The van der Waals surface area contributed by atoms with Gasteiger partial charge in [0.2, 0.25) is 0 Å². The van der Waals surface area contributed by atoms with Crippen molar-refractivity contribution < 1.29 is 13.2 Å². The molecule has 0 radical (unpaired) electrons. The zero-order chi connectivity index (χ0) is 9.35. The molecule has 12 heavy (non-hydrogen) atoms. The molecule has 0 aromatic rings. The Bertz CT molecular complexity index is 248. The molecule has 68 valence electrons. The monoisotopic (exact) mass is 177 g/mol. The second-order valence-corrected chi connectivity index (χ2v) is 2.89. The lowest BCUT2D eigenvalue weighted by molar-refractivity contribution is 0.0553. The van der Waals surface area contributed by atoms with Crippen LogP contribution in [0.5, 0.6) is 0 Å². The Morgan fingerprint density at radius 2 is 2.08 bits per heavy atom. The summed E-state index contributed by atoms with van der Waals surface area (Å²) >= 11 is 0. The van der Waals surface area contributed by atoms with Gasteiger partial charge < -0.3 is 5.32 Å². The van der Waals surface area contributed by atoms with Crippen LogP contribution in [0.1, 0.15) is 13.8 Å². The van der Waals surface area contributed by atoms with E-state index in [0.717, 1.165) is 13.0 Å². The molecule has 1 aliphatic rings. The van der Waals surface area contributed by atoms with Gasteiger partial charge in [-0.05, 0) is 18.6 Å². The number of hydrogen-bond donors (Lipinski definition) is 1. The highest BCUT2D eigenvalue weighted by atomic mass is 19.3. The van der Waals surface area contributed by atoms with Crippen molar-refractivity contribution in [3.63, 3.8) is 0 Å². The van der Waals surface area contributed by atoms with Gasteiger partial charge in [0.15, 0.2) is 0 Å². The number of dihydropyridines is 1. The van der Waals surface area contributed by atoms with E-state index >= 15 is 0 Å². The van der Waals surface area contributed by atoms with Crippen molar-refractivity contribution in [2.24, 2.45) is 0 Å². The third-order valence-electron chi connectivity index (χ3n) is 1.70. The summed E-state index contributed by atoms with van der Waals surface area (Å²) in [5.74, 6) is -3.30. The van der Waals surface area contributed by atoms with Gasteiger partial charge >= 0.3 is 0 Å². The molecule has 0 aliphatic carbocycles. The molecule has 1 N–H and O–H groups in total. The highest BCUT2D eigenvalue weighted by molar-refractivity contribution is 5.31. The molecule has 0 fully saturated rings. The van der Waals surface area contributed by atoms with Gasteiger partial charge in [-0.1, -0.05) is 0 Å². The van der Waals surface area contributed by atoms with E-state index in [2.05, 4.69) is 5.32 Å². The zero-order valence-electron chi connectivity index (χ0n) is 6.92.